The second-order valence-corrected chi connectivity index (χ2v) is 7.63. The molecule has 0 spiro atoms. The molecule has 3 atom stereocenters. The van der Waals surface area contributed by atoms with Crippen LogP contribution >= 0.6 is 0 Å². The van der Waals surface area contributed by atoms with Crippen molar-refractivity contribution in [2.75, 3.05) is 5.32 Å². The number of hydrogen-bond donors (Lipinski definition) is 3. The van der Waals surface area contributed by atoms with Gasteiger partial charge in [0, 0.05) is 12.2 Å². The van der Waals surface area contributed by atoms with Crippen molar-refractivity contribution >= 4 is 17.5 Å². The van der Waals surface area contributed by atoms with Crippen molar-refractivity contribution in [1.82, 2.24) is 10.6 Å². The number of hydrogen-bond acceptors (Lipinski definition) is 3. The molecule has 0 saturated carbocycles. The fraction of sp³-hybridized carbons (Fsp3) is 0.391. The van der Waals surface area contributed by atoms with Gasteiger partial charge in [0.15, 0.2) is 0 Å². The first kappa shape index (κ1) is 20.1. The number of carbonyl (C=O) groups excluding carboxylic acids is 2. The summed E-state index contributed by atoms with van der Waals surface area (Å²) in [7, 11) is 0. The number of anilines is 1. The maximum Gasteiger partial charge on any atom is 0.247 e. The summed E-state index contributed by atoms with van der Waals surface area (Å²) in [6.45, 7) is 6.68. The molecule has 0 unspecified atom stereocenters. The highest BCUT2D eigenvalue weighted by Gasteiger charge is 2.30. The third kappa shape index (κ3) is 4.78. The van der Waals surface area contributed by atoms with E-state index in [1.165, 1.54) is 11.1 Å². The molecule has 5 heteroatoms. The highest BCUT2D eigenvalue weighted by Crippen LogP contribution is 2.18. The monoisotopic (exact) mass is 379 g/mol. The molecular weight excluding hydrogens is 350 g/mol. The van der Waals surface area contributed by atoms with Crippen LogP contribution in [0, 0.1) is 12.8 Å². The van der Waals surface area contributed by atoms with Gasteiger partial charge in [-0.2, -0.15) is 0 Å². The van der Waals surface area contributed by atoms with E-state index < -0.39 is 6.04 Å². The summed E-state index contributed by atoms with van der Waals surface area (Å²) >= 11 is 0. The van der Waals surface area contributed by atoms with Gasteiger partial charge in [0.2, 0.25) is 11.8 Å². The summed E-state index contributed by atoms with van der Waals surface area (Å²) in [4.78, 5) is 25.8. The fourth-order valence-electron chi connectivity index (χ4n) is 3.45. The molecule has 0 radical (unpaired) electrons. The van der Waals surface area contributed by atoms with Gasteiger partial charge in [-0.05, 0) is 42.5 Å². The van der Waals surface area contributed by atoms with Gasteiger partial charge >= 0.3 is 0 Å². The van der Waals surface area contributed by atoms with Gasteiger partial charge in [0.1, 0.15) is 6.04 Å². The number of amides is 2. The third-order valence-electron chi connectivity index (χ3n) is 5.51. The molecule has 1 aliphatic rings. The molecule has 2 amide bonds. The largest absolute Gasteiger partial charge is 0.343 e. The van der Waals surface area contributed by atoms with E-state index in [9.17, 15) is 9.59 Å². The van der Waals surface area contributed by atoms with Gasteiger partial charge in [-0.15, -0.1) is 0 Å². The van der Waals surface area contributed by atoms with Gasteiger partial charge in [-0.1, -0.05) is 62.2 Å². The van der Waals surface area contributed by atoms with E-state index in [-0.39, 0.29) is 23.8 Å². The molecule has 148 valence electrons. The lowest BCUT2D eigenvalue weighted by atomic mass is 9.94. The summed E-state index contributed by atoms with van der Waals surface area (Å²) in [6.07, 6.45) is 1.43. The molecule has 2 aromatic rings. The van der Waals surface area contributed by atoms with E-state index in [2.05, 4.69) is 28.1 Å². The van der Waals surface area contributed by atoms with Crippen LogP contribution in [0.15, 0.2) is 48.5 Å². The second-order valence-electron chi connectivity index (χ2n) is 7.63. The Labute approximate surface area is 166 Å². The van der Waals surface area contributed by atoms with Gasteiger partial charge in [-0.25, -0.2) is 0 Å². The maximum absolute atomic E-state index is 12.9. The topological polar surface area (TPSA) is 70.2 Å². The van der Waals surface area contributed by atoms with Crippen LogP contribution < -0.4 is 16.0 Å². The molecular formula is C23H29N3O2. The molecule has 2 aromatic carbocycles. The normalized spacial score (nSPS) is 17.9. The first-order valence-electron chi connectivity index (χ1n) is 9.96. The van der Waals surface area contributed by atoms with Crippen LogP contribution in [-0.4, -0.2) is 23.9 Å². The van der Waals surface area contributed by atoms with Crippen molar-refractivity contribution in [2.45, 2.75) is 52.2 Å². The minimum atomic E-state index is -0.572. The highest BCUT2D eigenvalue weighted by atomic mass is 16.2. The van der Waals surface area contributed by atoms with Crippen molar-refractivity contribution in [1.29, 1.82) is 0 Å². The number of aryl methyl sites for hydroxylation is 1. The average molecular weight is 380 g/mol. The van der Waals surface area contributed by atoms with Crippen molar-refractivity contribution in [3.8, 4) is 0 Å². The summed E-state index contributed by atoms with van der Waals surface area (Å²) in [5, 5.41) is 9.21. The van der Waals surface area contributed by atoms with Gasteiger partial charge < -0.3 is 16.0 Å². The third-order valence-corrected chi connectivity index (χ3v) is 5.51. The average Bonchev–Trinajstić information content (AvgIpc) is 2.72. The Hall–Kier alpha value is -2.66. The van der Waals surface area contributed by atoms with Gasteiger partial charge in [0.05, 0.1) is 6.04 Å². The molecule has 3 N–H and O–H groups in total. The van der Waals surface area contributed by atoms with E-state index in [0.29, 0.717) is 13.0 Å². The summed E-state index contributed by atoms with van der Waals surface area (Å²) in [6, 6.07) is 14.9. The molecule has 0 saturated heterocycles. The molecule has 5 nitrogen and oxygen atoms in total. The first-order chi connectivity index (χ1) is 13.5. The van der Waals surface area contributed by atoms with Crippen LogP contribution in [-0.2, 0) is 22.6 Å². The number of rotatable bonds is 6. The minimum absolute atomic E-state index is 0.0327. The quantitative estimate of drug-likeness (QED) is 0.722. The highest BCUT2D eigenvalue weighted by molar-refractivity contribution is 5.98. The number of benzene rings is 2. The van der Waals surface area contributed by atoms with Crippen molar-refractivity contribution in [3.05, 3.63) is 65.2 Å². The number of nitrogens with one attached hydrogen (secondary N) is 3. The Morgan fingerprint density at radius 1 is 1.11 bits per heavy atom. The van der Waals surface area contributed by atoms with E-state index >= 15 is 0 Å². The van der Waals surface area contributed by atoms with Crippen molar-refractivity contribution in [2.24, 2.45) is 5.92 Å². The van der Waals surface area contributed by atoms with Crippen LogP contribution in [0.1, 0.15) is 37.0 Å². The van der Waals surface area contributed by atoms with E-state index in [1.807, 2.05) is 57.2 Å². The number of carbonyl (C=O) groups is 2. The molecule has 0 bridgehead atoms. The molecule has 0 aliphatic carbocycles. The van der Waals surface area contributed by atoms with Crippen LogP contribution in [0.2, 0.25) is 0 Å². The molecule has 0 fully saturated rings. The lowest BCUT2D eigenvalue weighted by Gasteiger charge is -2.29. The zero-order valence-electron chi connectivity index (χ0n) is 16.8. The Morgan fingerprint density at radius 2 is 1.79 bits per heavy atom. The maximum atomic E-state index is 12.9. The van der Waals surface area contributed by atoms with Crippen LogP contribution in [0.5, 0.6) is 0 Å². The summed E-state index contributed by atoms with van der Waals surface area (Å²) in [5.74, 6) is -0.271. The van der Waals surface area contributed by atoms with Gasteiger partial charge in [-0.3, -0.25) is 9.59 Å². The predicted octanol–water partition coefficient (Wildman–Crippen LogP) is 3.18. The van der Waals surface area contributed by atoms with Crippen LogP contribution in [0.25, 0.3) is 0 Å². The van der Waals surface area contributed by atoms with E-state index in [1.54, 1.807) is 0 Å². The lowest BCUT2D eigenvalue weighted by molar-refractivity contribution is -0.129. The van der Waals surface area contributed by atoms with E-state index in [0.717, 1.165) is 17.7 Å². The van der Waals surface area contributed by atoms with Crippen molar-refractivity contribution < 1.29 is 9.59 Å². The predicted molar refractivity (Wildman–Crippen MR) is 112 cm³/mol. The van der Waals surface area contributed by atoms with Crippen molar-refractivity contribution in [3.63, 3.8) is 0 Å². The standard InChI is InChI=1S/C23H29N3O2/c1-4-16(3)21(23(28)25-19-11-9-15(2)10-12-19)26-22(27)20-13-17-7-5-6-8-18(17)14-24-20/h5-12,16,20-21,24H,4,13-14H2,1-3H3,(H,25,28)(H,26,27)/t16-,20+,21-/m1/s1. The summed E-state index contributed by atoms with van der Waals surface area (Å²) in [5.41, 5.74) is 4.28. The molecule has 0 aromatic heterocycles. The van der Waals surface area contributed by atoms with Gasteiger partial charge in [0.25, 0.3) is 0 Å². The zero-order chi connectivity index (χ0) is 20.1. The van der Waals surface area contributed by atoms with E-state index in [4.69, 9.17) is 0 Å². The fourth-order valence-corrected chi connectivity index (χ4v) is 3.45. The lowest BCUT2D eigenvalue weighted by Crippen LogP contribution is -2.55. The smallest absolute Gasteiger partial charge is 0.247 e. The first-order valence-corrected chi connectivity index (χ1v) is 9.96. The minimum Gasteiger partial charge on any atom is -0.343 e. The van der Waals surface area contributed by atoms with Crippen LogP contribution in [0.3, 0.4) is 0 Å². The zero-order valence-corrected chi connectivity index (χ0v) is 16.8. The number of fused-ring (bicyclic) bond motifs is 1. The molecule has 3 rings (SSSR count). The molecule has 1 heterocycles. The van der Waals surface area contributed by atoms with Crippen LogP contribution in [0.4, 0.5) is 5.69 Å². The molecule has 1 aliphatic heterocycles. The SMILES string of the molecule is CC[C@@H](C)[C@@H](NC(=O)[C@@H]1Cc2ccccc2CN1)C(=O)Nc1ccc(C)cc1. The second kappa shape index (κ2) is 9.02. The Bertz CT molecular complexity index is 832. The Kier molecular flexibility index (Phi) is 6.47. The Balaban J connectivity index is 1.67. The molecule has 28 heavy (non-hydrogen) atoms. The summed E-state index contributed by atoms with van der Waals surface area (Å²) < 4.78 is 0. The Morgan fingerprint density at radius 3 is 2.46 bits per heavy atom.